The summed E-state index contributed by atoms with van der Waals surface area (Å²) in [5, 5.41) is 17.0. The van der Waals surface area contributed by atoms with Gasteiger partial charge in [0.15, 0.2) is 0 Å². The second-order valence-corrected chi connectivity index (χ2v) is 10.8. The molecule has 2 atom stereocenters. The molecule has 2 unspecified atom stereocenters. The van der Waals surface area contributed by atoms with E-state index < -0.39 is 35.6 Å². The molecular formula is C29H29F2N5O3. The zero-order chi connectivity index (χ0) is 27.2. The molecule has 39 heavy (non-hydrogen) atoms. The van der Waals surface area contributed by atoms with Crippen LogP contribution >= 0.6 is 0 Å². The molecule has 3 heterocycles. The first-order chi connectivity index (χ1) is 18.8. The number of carbonyl (C=O) groups excluding carboxylic acids is 2. The first kappa shape index (κ1) is 25.4. The van der Waals surface area contributed by atoms with Crippen LogP contribution in [0.15, 0.2) is 48.7 Å². The Hall–Kier alpha value is -3.84. The number of morpholine rings is 1. The monoisotopic (exact) mass is 533 g/mol. The van der Waals surface area contributed by atoms with Crippen molar-refractivity contribution in [2.45, 2.75) is 49.5 Å². The number of benzene rings is 1. The summed E-state index contributed by atoms with van der Waals surface area (Å²) >= 11 is 0. The number of aromatic nitrogens is 2. The highest BCUT2D eigenvalue weighted by atomic mass is 19.3. The van der Waals surface area contributed by atoms with E-state index in [1.807, 2.05) is 30.3 Å². The number of nitrogens with zero attached hydrogens (tertiary/aromatic N) is 4. The molecule has 3 aromatic rings. The Balaban J connectivity index is 1.37. The average Bonchev–Trinajstić information content (AvgIpc) is 3.62. The molecule has 2 saturated carbocycles. The summed E-state index contributed by atoms with van der Waals surface area (Å²) in [6, 6.07) is 15.0. The molecule has 2 aromatic heterocycles. The third-order valence-corrected chi connectivity index (χ3v) is 8.13. The molecule has 2 amide bonds. The summed E-state index contributed by atoms with van der Waals surface area (Å²) in [4.78, 5) is 28.1. The van der Waals surface area contributed by atoms with Crippen molar-refractivity contribution in [3.63, 3.8) is 0 Å². The van der Waals surface area contributed by atoms with Gasteiger partial charge in [-0.1, -0.05) is 18.2 Å². The molecule has 1 aromatic carbocycles. The van der Waals surface area contributed by atoms with Crippen LogP contribution in [0.5, 0.6) is 0 Å². The van der Waals surface area contributed by atoms with Crippen LogP contribution in [0.1, 0.15) is 54.1 Å². The van der Waals surface area contributed by atoms with Gasteiger partial charge in [0.05, 0.1) is 36.4 Å². The zero-order valence-electron chi connectivity index (χ0n) is 21.4. The number of amides is 2. The number of fused-ring (bicyclic) bond motifs is 1. The van der Waals surface area contributed by atoms with Crippen molar-refractivity contribution < 1.29 is 23.1 Å². The highest BCUT2D eigenvalue weighted by Crippen LogP contribution is 2.48. The van der Waals surface area contributed by atoms with E-state index in [1.165, 1.54) is 0 Å². The van der Waals surface area contributed by atoms with Crippen LogP contribution in [-0.4, -0.2) is 64.1 Å². The number of nitrogens with one attached hydrogen (secondary N) is 1. The number of alkyl halides is 2. The molecule has 1 saturated heterocycles. The van der Waals surface area contributed by atoms with E-state index in [-0.39, 0.29) is 18.7 Å². The molecular weight excluding hydrogens is 504 g/mol. The van der Waals surface area contributed by atoms with E-state index >= 15 is 0 Å². The number of hydrogen-bond acceptors (Lipinski definition) is 5. The van der Waals surface area contributed by atoms with Gasteiger partial charge in [-0.25, -0.2) is 13.3 Å². The minimum Gasteiger partial charge on any atom is -0.378 e. The highest BCUT2D eigenvalue weighted by Gasteiger charge is 2.51. The Bertz CT molecular complexity index is 1450. The van der Waals surface area contributed by atoms with E-state index in [9.17, 15) is 23.6 Å². The van der Waals surface area contributed by atoms with Crippen molar-refractivity contribution in [2.24, 2.45) is 5.92 Å². The van der Waals surface area contributed by atoms with Gasteiger partial charge in [-0.15, -0.1) is 0 Å². The Morgan fingerprint density at radius 3 is 2.51 bits per heavy atom. The maximum Gasteiger partial charge on any atom is 0.254 e. The summed E-state index contributed by atoms with van der Waals surface area (Å²) in [5.74, 6) is -5.13. The summed E-state index contributed by atoms with van der Waals surface area (Å²) < 4.78 is 36.3. The molecule has 3 fully saturated rings. The van der Waals surface area contributed by atoms with E-state index in [0.29, 0.717) is 50.4 Å². The summed E-state index contributed by atoms with van der Waals surface area (Å²) in [6.07, 6.45) is 2.00. The second kappa shape index (κ2) is 9.72. The fourth-order valence-corrected chi connectivity index (χ4v) is 5.76. The number of hydrogen-bond donors (Lipinski definition) is 1. The predicted octanol–water partition coefficient (Wildman–Crippen LogP) is 4.17. The van der Waals surface area contributed by atoms with Gasteiger partial charge in [-0.05, 0) is 49.1 Å². The second-order valence-electron chi connectivity index (χ2n) is 10.8. The topological polar surface area (TPSA) is 99.7 Å². The lowest BCUT2D eigenvalue weighted by Gasteiger charge is -2.35. The van der Waals surface area contributed by atoms with Gasteiger partial charge in [0.1, 0.15) is 5.54 Å². The zero-order valence-corrected chi connectivity index (χ0v) is 21.4. The van der Waals surface area contributed by atoms with Crippen LogP contribution in [0.4, 0.5) is 8.78 Å². The Morgan fingerprint density at radius 2 is 1.82 bits per heavy atom. The van der Waals surface area contributed by atoms with Gasteiger partial charge in [-0.2, -0.15) is 10.4 Å². The molecule has 1 N–H and O–H groups in total. The minimum absolute atomic E-state index is 0.0670. The number of pyridine rings is 1. The molecule has 1 aliphatic heterocycles. The SMILES string of the molecule is N#CC1(NC(=O)C2CC(F)(F)CCC2c2nn3ccccc3c2-c2ccc(C(=O)N3CCOCC3)cc2)CC1. The van der Waals surface area contributed by atoms with Crippen LogP contribution in [0.25, 0.3) is 16.6 Å². The molecule has 202 valence electrons. The van der Waals surface area contributed by atoms with E-state index in [0.717, 1.165) is 16.6 Å². The molecule has 10 heteroatoms. The molecule has 0 bridgehead atoms. The van der Waals surface area contributed by atoms with Gasteiger partial charge in [0.2, 0.25) is 11.8 Å². The van der Waals surface area contributed by atoms with Crippen molar-refractivity contribution in [2.75, 3.05) is 26.3 Å². The van der Waals surface area contributed by atoms with E-state index in [4.69, 9.17) is 9.84 Å². The Labute approximate surface area is 224 Å². The number of halogens is 2. The van der Waals surface area contributed by atoms with Gasteiger partial charge < -0.3 is 15.0 Å². The van der Waals surface area contributed by atoms with Crippen molar-refractivity contribution in [1.82, 2.24) is 19.8 Å². The summed E-state index contributed by atoms with van der Waals surface area (Å²) in [7, 11) is 0. The predicted molar refractivity (Wildman–Crippen MR) is 138 cm³/mol. The first-order valence-corrected chi connectivity index (χ1v) is 13.4. The smallest absolute Gasteiger partial charge is 0.254 e. The number of carbonyl (C=O) groups is 2. The van der Waals surface area contributed by atoms with Crippen molar-refractivity contribution in [3.8, 4) is 17.2 Å². The molecule has 2 aliphatic carbocycles. The molecule has 6 rings (SSSR count). The molecule has 0 spiro atoms. The van der Waals surface area contributed by atoms with E-state index in [1.54, 1.807) is 27.7 Å². The molecule has 0 radical (unpaired) electrons. The van der Waals surface area contributed by atoms with Crippen LogP contribution in [0, 0.1) is 17.2 Å². The summed E-state index contributed by atoms with van der Waals surface area (Å²) in [6.45, 7) is 2.11. The van der Waals surface area contributed by atoms with Crippen LogP contribution < -0.4 is 5.32 Å². The largest absolute Gasteiger partial charge is 0.378 e. The summed E-state index contributed by atoms with van der Waals surface area (Å²) in [5.41, 5.74) is 2.52. The third-order valence-electron chi connectivity index (χ3n) is 8.13. The quantitative estimate of drug-likeness (QED) is 0.531. The van der Waals surface area contributed by atoms with Crippen LogP contribution in [0.2, 0.25) is 0 Å². The van der Waals surface area contributed by atoms with E-state index in [2.05, 4.69) is 11.4 Å². The van der Waals surface area contributed by atoms with Crippen LogP contribution in [0.3, 0.4) is 0 Å². The molecule has 8 nitrogen and oxygen atoms in total. The lowest BCUT2D eigenvalue weighted by molar-refractivity contribution is -0.134. The number of ether oxygens (including phenoxy) is 1. The maximum atomic E-state index is 14.6. The van der Waals surface area contributed by atoms with Crippen molar-refractivity contribution in [1.29, 1.82) is 5.26 Å². The fourth-order valence-electron chi connectivity index (χ4n) is 5.76. The Kier molecular flexibility index (Phi) is 6.34. The number of nitriles is 1. The Morgan fingerprint density at radius 1 is 1.08 bits per heavy atom. The highest BCUT2D eigenvalue weighted by molar-refractivity contribution is 5.95. The van der Waals surface area contributed by atoms with Gasteiger partial charge in [-0.3, -0.25) is 9.59 Å². The van der Waals surface area contributed by atoms with Crippen molar-refractivity contribution >= 4 is 17.3 Å². The third kappa shape index (κ3) is 4.87. The van der Waals surface area contributed by atoms with Crippen molar-refractivity contribution in [3.05, 3.63) is 59.9 Å². The lowest BCUT2D eigenvalue weighted by atomic mass is 9.73. The lowest BCUT2D eigenvalue weighted by Crippen LogP contribution is -2.45. The maximum absolute atomic E-state index is 14.6. The molecule has 3 aliphatic rings. The number of rotatable bonds is 5. The van der Waals surface area contributed by atoms with Gasteiger partial charge in [0, 0.05) is 49.2 Å². The van der Waals surface area contributed by atoms with Gasteiger partial charge >= 0.3 is 0 Å². The standard InChI is InChI=1S/C29H29F2N5O3/c30-29(31)9-8-21(22(17-29)26(37)33-28(18-32)10-11-28)25-24(23-3-1-2-12-36(23)34-25)19-4-6-20(7-5-19)27(38)35-13-15-39-16-14-35/h1-7,12,21-22H,8-11,13-17H2,(H,33,37). The normalized spacial score (nSPS) is 23.7. The minimum atomic E-state index is -2.97. The fraction of sp³-hybridized carbons (Fsp3) is 0.448. The van der Waals surface area contributed by atoms with Crippen LogP contribution in [-0.2, 0) is 9.53 Å². The first-order valence-electron chi connectivity index (χ1n) is 13.4. The van der Waals surface area contributed by atoms with Gasteiger partial charge in [0.25, 0.3) is 5.91 Å². The average molecular weight is 534 g/mol.